The van der Waals surface area contributed by atoms with Crippen LogP contribution in [0.15, 0.2) is 0 Å². The second kappa shape index (κ2) is 6.25. The molecule has 1 N–H and O–H groups in total. The van der Waals surface area contributed by atoms with Crippen molar-refractivity contribution in [2.24, 2.45) is 5.92 Å². The lowest BCUT2D eigenvalue weighted by Gasteiger charge is -2.14. The second-order valence-corrected chi connectivity index (χ2v) is 4.25. The standard InChI is InChI=1S/C9H16F3NOS/c1-6(2)7(15)8(14)13-5-3-4-9(10,11)12/h6-7,15H,3-5H2,1-2H3,(H,13,14). The molecule has 0 saturated carbocycles. The van der Waals surface area contributed by atoms with Crippen LogP contribution in [-0.4, -0.2) is 23.9 Å². The van der Waals surface area contributed by atoms with E-state index in [0.29, 0.717) is 0 Å². The SMILES string of the molecule is CC(C)C(S)C(=O)NCCCC(F)(F)F. The van der Waals surface area contributed by atoms with E-state index >= 15 is 0 Å². The molecule has 0 aliphatic carbocycles. The summed E-state index contributed by atoms with van der Waals surface area (Å²) in [7, 11) is 0. The Hall–Kier alpha value is -0.390. The molecule has 0 fully saturated rings. The first-order valence-electron chi connectivity index (χ1n) is 4.76. The van der Waals surface area contributed by atoms with Crippen molar-refractivity contribution in [2.75, 3.05) is 6.54 Å². The summed E-state index contributed by atoms with van der Waals surface area (Å²) < 4.78 is 35.2. The third kappa shape index (κ3) is 7.53. The van der Waals surface area contributed by atoms with Crippen molar-refractivity contribution < 1.29 is 18.0 Å². The minimum Gasteiger partial charge on any atom is -0.355 e. The number of alkyl halides is 3. The molecule has 0 radical (unpaired) electrons. The van der Waals surface area contributed by atoms with E-state index in [1.54, 1.807) is 0 Å². The summed E-state index contributed by atoms with van der Waals surface area (Å²) in [6.45, 7) is 3.70. The summed E-state index contributed by atoms with van der Waals surface area (Å²) in [6, 6.07) is 0. The molecule has 0 aliphatic heterocycles. The van der Waals surface area contributed by atoms with E-state index in [0.717, 1.165) is 0 Å². The Morgan fingerprint density at radius 2 is 1.93 bits per heavy atom. The maximum absolute atomic E-state index is 11.7. The molecular weight excluding hydrogens is 227 g/mol. The predicted octanol–water partition coefficient (Wildman–Crippen LogP) is 2.40. The monoisotopic (exact) mass is 243 g/mol. The van der Waals surface area contributed by atoms with Gasteiger partial charge in [0.2, 0.25) is 5.91 Å². The van der Waals surface area contributed by atoms with Gasteiger partial charge in [-0.3, -0.25) is 4.79 Å². The van der Waals surface area contributed by atoms with Gasteiger partial charge >= 0.3 is 6.18 Å². The fourth-order valence-electron chi connectivity index (χ4n) is 0.908. The van der Waals surface area contributed by atoms with Crippen LogP contribution in [0.5, 0.6) is 0 Å². The third-order valence-corrected chi connectivity index (χ3v) is 2.67. The lowest BCUT2D eigenvalue weighted by molar-refractivity contribution is -0.136. The zero-order valence-electron chi connectivity index (χ0n) is 8.77. The Labute approximate surface area is 93.0 Å². The van der Waals surface area contributed by atoms with Gasteiger partial charge in [0, 0.05) is 13.0 Å². The normalized spacial score (nSPS) is 14.1. The Balaban J connectivity index is 3.65. The fraction of sp³-hybridized carbons (Fsp3) is 0.889. The Morgan fingerprint density at radius 3 is 2.33 bits per heavy atom. The van der Waals surface area contributed by atoms with Crippen LogP contribution in [0.2, 0.25) is 0 Å². The zero-order chi connectivity index (χ0) is 12.1. The molecule has 0 aromatic rings. The largest absolute Gasteiger partial charge is 0.389 e. The molecule has 0 saturated heterocycles. The topological polar surface area (TPSA) is 29.1 Å². The van der Waals surface area contributed by atoms with Crippen LogP contribution in [-0.2, 0) is 4.79 Å². The molecule has 2 nitrogen and oxygen atoms in total. The first kappa shape index (κ1) is 14.6. The summed E-state index contributed by atoms with van der Waals surface area (Å²) in [5, 5.41) is 1.96. The summed E-state index contributed by atoms with van der Waals surface area (Å²) >= 11 is 4.04. The van der Waals surface area contributed by atoms with Crippen LogP contribution in [0.1, 0.15) is 26.7 Å². The number of hydrogen-bond acceptors (Lipinski definition) is 2. The van der Waals surface area contributed by atoms with E-state index in [2.05, 4.69) is 17.9 Å². The zero-order valence-corrected chi connectivity index (χ0v) is 9.66. The van der Waals surface area contributed by atoms with E-state index in [4.69, 9.17) is 0 Å². The van der Waals surface area contributed by atoms with Crippen molar-refractivity contribution in [3.05, 3.63) is 0 Å². The molecule has 0 spiro atoms. The van der Waals surface area contributed by atoms with Gasteiger partial charge in [-0.1, -0.05) is 13.8 Å². The van der Waals surface area contributed by atoms with Gasteiger partial charge in [0.15, 0.2) is 0 Å². The van der Waals surface area contributed by atoms with Crippen molar-refractivity contribution in [3.8, 4) is 0 Å². The lowest BCUT2D eigenvalue weighted by atomic mass is 10.1. The van der Waals surface area contributed by atoms with E-state index in [1.165, 1.54) is 0 Å². The van der Waals surface area contributed by atoms with Crippen LogP contribution in [0.3, 0.4) is 0 Å². The highest BCUT2D eigenvalue weighted by Gasteiger charge is 2.26. The Morgan fingerprint density at radius 1 is 1.40 bits per heavy atom. The molecule has 90 valence electrons. The molecule has 6 heteroatoms. The average Bonchev–Trinajstić information content (AvgIpc) is 2.09. The highest BCUT2D eigenvalue weighted by Crippen LogP contribution is 2.20. The van der Waals surface area contributed by atoms with Gasteiger partial charge in [-0.15, -0.1) is 0 Å². The van der Waals surface area contributed by atoms with Gasteiger partial charge < -0.3 is 5.32 Å². The molecule has 0 aliphatic rings. The smallest absolute Gasteiger partial charge is 0.355 e. The van der Waals surface area contributed by atoms with Gasteiger partial charge in [0.05, 0.1) is 5.25 Å². The van der Waals surface area contributed by atoms with Gasteiger partial charge in [0.25, 0.3) is 0 Å². The number of rotatable bonds is 5. The van der Waals surface area contributed by atoms with Crippen molar-refractivity contribution in [1.82, 2.24) is 5.32 Å². The van der Waals surface area contributed by atoms with E-state index in [1.807, 2.05) is 13.8 Å². The highest BCUT2D eigenvalue weighted by molar-refractivity contribution is 7.81. The Bertz CT molecular complexity index is 206. The molecule has 0 heterocycles. The molecule has 1 amide bonds. The molecule has 1 atom stereocenters. The van der Waals surface area contributed by atoms with Crippen LogP contribution >= 0.6 is 12.6 Å². The summed E-state index contributed by atoms with van der Waals surface area (Å²) in [4.78, 5) is 11.2. The first-order valence-corrected chi connectivity index (χ1v) is 5.28. The molecule has 0 aromatic carbocycles. The van der Waals surface area contributed by atoms with Gasteiger partial charge in [-0.25, -0.2) is 0 Å². The van der Waals surface area contributed by atoms with Gasteiger partial charge in [-0.2, -0.15) is 25.8 Å². The third-order valence-electron chi connectivity index (χ3n) is 1.84. The number of amides is 1. The van der Waals surface area contributed by atoms with E-state index in [-0.39, 0.29) is 24.8 Å². The molecule has 0 rings (SSSR count). The van der Waals surface area contributed by atoms with Crippen molar-refractivity contribution in [2.45, 2.75) is 38.1 Å². The van der Waals surface area contributed by atoms with Crippen molar-refractivity contribution in [1.29, 1.82) is 0 Å². The van der Waals surface area contributed by atoms with E-state index < -0.39 is 17.8 Å². The van der Waals surface area contributed by atoms with Crippen LogP contribution in [0, 0.1) is 5.92 Å². The molecular formula is C9H16F3NOS. The summed E-state index contributed by atoms with van der Waals surface area (Å²) in [5.41, 5.74) is 0. The quantitative estimate of drug-likeness (QED) is 0.563. The highest BCUT2D eigenvalue weighted by atomic mass is 32.1. The maximum atomic E-state index is 11.7. The molecule has 0 aromatic heterocycles. The maximum Gasteiger partial charge on any atom is 0.389 e. The van der Waals surface area contributed by atoms with Crippen LogP contribution in [0.4, 0.5) is 13.2 Å². The van der Waals surface area contributed by atoms with Crippen molar-refractivity contribution >= 4 is 18.5 Å². The summed E-state index contributed by atoms with van der Waals surface area (Å²) in [6.07, 6.45) is -5.11. The van der Waals surface area contributed by atoms with Crippen LogP contribution in [0.25, 0.3) is 0 Å². The number of carbonyl (C=O) groups is 1. The molecule has 1 unspecified atom stereocenters. The molecule has 0 bridgehead atoms. The van der Waals surface area contributed by atoms with E-state index in [9.17, 15) is 18.0 Å². The number of halogens is 3. The molecule has 15 heavy (non-hydrogen) atoms. The number of nitrogens with one attached hydrogen (secondary N) is 1. The predicted molar refractivity (Wildman–Crippen MR) is 55.9 cm³/mol. The number of thiol groups is 1. The van der Waals surface area contributed by atoms with Crippen molar-refractivity contribution in [3.63, 3.8) is 0 Å². The fourth-order valence-corrected chi connectivity index (χ4v) is 0.999. The average molecular weight is 243 g/mol. The number of hydrogen-bond donors (Lipinski definition) is 2. The second-order valence-electron chi connectivity index (χ2n) is 3.70. The summed E-state index contributed by atoms with van der Waals surface area (Å²) in [5.74, 6) is -0.244. The lowest BCUT2D eigenvalue weighted by Crippen LogP contribution is -2.35. The minimum atomic E-state index is -4.15. The Kier molecular flexibility index (Phi) is 6.09. The van der Waals surface area contributed by atoms with Crippen LogP contribution < -0.4 is 5.32 Å². The minimum absolute atomic E-state index is 0.0438. The first-order chi connectivity index (χ1) is 6.74. The van der Waals surface area contributed by atoms with Gasteiger partial charge in [0.1, 0.15) is 0 Å². The number of carbonyl (C=O) groups excluding carboxylic acids is 1. The van der Waals surface area contributed by atoms with Gasteiger partial charge in [-0.05, 0) is 12.3 Å².